The molecule has 1 aliphatic heterocycles. The summed E-state index contributed by atoms with van der Waals surface area (Å²) in [5.74, 6) is 4.28. The average molecular weight is 419 g/mol. The summed E-state index contributed by atoms with van der Waals surface area (Å²) in [5, 5.41) is 0. The molecule has 0 saturated carbocycles. The third-order valence-electron chi connectivity index (χ3n) is 4.18. The lowest BCUT2D eigenvalue weighted by molar-refractivity contribution is 0.391. The number of benzene rings is 1. The van der Waals surface area contributed by atoms with E-state index in [9.17, 15) is 0 Å². The van der Waals surface area contributed by atoms with Gasteiger partial charge in [0.25, 0.3) is 0 Å². The van der Waals surface area contributed by atoms with Gasteiger partial charge in [-0.1, -0.05) is 26.2 Å². The van der Waals surface area contributed by atoms with Gasteiger partial charge in [0.05, 0.1) is 22.8 Å². The Morgan fingerprint density at radius 3 is 2.48 bits per heavy atom. The van der Waals surface area contributed by atoms with Gasteiger partial charge in [0.2, 0.25) is 0 Å². The molecule has 1 aromatic carbocycles. The van der Waals surface area contributed by atoms with Crippen molar-refractivity contribution in [3.05, 3.63) is 22.2 Å². The van der Waals surface area contributed by atoms with Crippen LogP contribution in [0, 0.1) is 0 Å². The fraction of sp³-hybridized carbons (Fsp3) is 0.667. The van der Waals surface area contributed by atoms with Crippen molar-refractivity contribution in [3.8, 4) is 11.5 Å². The highest BCUT2D eigenvalue weighted by atomic mass is 79.9. The minimum atomic E-state index is 0.299. The number of thioether (sulfide) groups is 2. The van der Waals surface area contributed by atoms with Crippen LogP contribution >= 0.6 is 39.5 Å². The summed E-state index contributed by atoms with van der Waals surface area (Å²) in [6.07, 6.45) is 7.58. The van der Waals surface area contributed by atoms with E-state index in [1.807, 2.05) is 6.07 Å². The number of hydrogen-bond acceptors (Lipinski definition) is 4. The van der Waals surface area contributed by atoms with Crippen LogP contribution in [-0.2, 0) is 6.42 Å². The van der Waals surface area contributed by atoms with Crippen LogP contribution in [0.2, 0.25) is 0 Å². The molecule has 0 radical (unpaired) electrons. The highest BCUT2D eigenvalue weighted by molar-refractivity contribution is 9.10. The molecule has 2 rings (SSSR count). The number of methoxy groups -OCH3 is 2. The van der Waals surface area contributed by atoms with Gasteiger partial charge in [0, 0.05) is 6.07 Å². The highest BCUT2D eigenvalue weighted by Crippen LogP contribution is 2.49. The second-order valence-electron chi connectivity index (χ2n) is 5.90. The van der Waals surface area contributed by atoms with E-state index >= 15 is 0 Å². The van der Waals surface area contributed by atoms with Crippen LogP contribution in [0.1, 0.15) is 44.6 Å². The minimum absolute atomic E-state index is 0.299. The average Bonchev–Trinajstić information content (AvgIpc) is 2.58. The Hall–Kier alpha value is -0.000000000000000222. The number of ether oxygens (including phenoxy) is 2. The molecular weight excluding hydrogens is 392 g/mol. The molecule has 130 valence electrons. The second kappa shape index (κ2) is 9.47. The minimum Gasteiger partial charge on any atom is -0.497 e. The quantitative estimate of drug-likeness (QED) is 0.470. The molecule has 5 heteroatoms. The predicted molar refractivity (Wildman–Crippen MR) is 107 cm³/mol. The van der Waals surface area contributed by atoms with Crippen molar-refractivity contribution < 1.29 is 9.47 Å². The van der Waals surface area contributed by atoms with Crippen LogP contribution in [-0.4, -0.2) is 29.8 Å². The smallest absolute Gasteiger partial charge is 0.137 e. The maximum absolute atomic E-state index is 5.51. The molecule has 0 unspecified atom stereocenters. The highest BCUT2D eigenvalue weighted by Gasteiger charge is 2.34. The Labute approximate surface area is 157 Å². The van der Waals surface area contributed by atoms with Gasteiger partial charge in [0.1, 0.15) is 11.5 Å². The van der Waals surface area contributed by atoms with Crippen molar-refractivity contribution >= 4 is 39.5 Å². The van der Waals surface area contributed by atoms with Crippen molar-refractivity contribution in [2.75, 3.05) is 25.7 Å². The summed E-state index contributed by atoms with van der Waals surface area (Å²) in [7, 11) is 3.43. The van der Waals surface area contributed by atoms with Gasteiger partial charge < -0.3 is 9.47 Å². The van der Waals surface area contributed by atoms with Gasteiger partial charge in [0.15, 0.2) is 0 Å². The Balaban J connectivity index is 2.24. The Kier molecular flexibility index (Phi) is 7.96. The first-order chi connectivity index (χ1) is 11.1. The van der Waals surface area contributed by atoms with Crippen molar-refractivity contribution in [1.29, 1.82) is 0 Å². The molecule has 0 bridgehead atoms. The molecule has 0 aromatic heterocycles. The van der Waals surface area contributed by atoms with Crippen molar-refractivity contribution in [3.63, 3.8) is 0 Å². The second-order valence-corrected chi connectivity index (χ2v) is 9.91. The topological polar surface area (TPSA) is 18.5 Å². The van der Waals surface area contributed by atoms with Crippen LogP contribution in [0.4, 0.5) is 0 Å². The summed E-state index contributed by atoms with van der Waals surface area (Å²) in [4.78, 5) is 0. The lowest BCUT2D eigenvalue weighted by Gasteiger charge is -2.37. The third kappa shape index (κ3) is 5.23. The van der Waals surface area contributed by atoms with Crippen LogP contribution in [0.25, 0.3) is 0 Å². The lowest BCUT2D eigenvalue weighted by Crippen LogP contribution is -2.28. The molecule has 1 aliphatic rings. The van der Waals surface area contributed by atoms with Gasteiger partial charge in [-0.3, -0.25) is 0 Å². The summed E-state index contributed by atoms with van der Waals surface area (Å²) >= 11 is 8.04. The molecule has 1 saturated heterocycles. The van der Waals surface area contributed by atoms with E-state index in [1.165, 1.54) is 49.2 Å². The van der Waals surface area contributed by atoms with Gasteiger partial charge in [-0.2, -0.15) is 0 Å². The molecule has 1 heterocycles. The molecule has 0 aliphatic carbocycles. The van der Waals surface area contributed by atoms with Gasteiger partial charge in [-0.05, 0) is 58.3 Å². The monoisotopic (exact) mass is 418 g/mol. The fourth-order valence-electron chi connectivity index (χ4n) is 2.91. The number of hydrogen-bond donors (Lipinski definition) is 0. The summed E-state index contributed by atoms with van der Waals surface area (Å²) in [5.41, 5.74) is 1.29. The maximum Gasteiger partial charge on any atom is 0.137 e. The molecule has 0 atom stereocenters. The molecule has 2 nitrogen and oxygen atoms in total. The van der Waals surface area contributed by atoms with Crippen LogP contribution < -0.4 is 9.47 Å². The first-order valence-corrected chi connectivity index (χ1v) is 11.1. The molecule has 23 heavy (non-hydrogen) atoms. The molecule has 1 aromatic rings. The number of rotatable bonds is 8. The Morgan fingerprint density at radius 2 is 1.87 bits per heavy atom. The normalized spacial score (nSPS) is 17.0. The van der Waals surface area contributed by atoms with Crippen LogP contribution in [0.5, 0.6) is 11.5 Å². The molecular formula is C18H27BrO2S2. The van der Waals surface area contributed by atoms with E-state index in [4.69, 9.17) is 9.47 Å². The molecule has 0 amide bonds. The van der Waals surface area contributed by atoms with Crippen molar-refractivity contribution in [1.82, 2.24) is 0 Å². The third-order valence-corrected chi connectivity index (χ3v) is 8.53. The zero-order valence-corrected chi connectivity index (χ0v) is 17.5. The van der Waals surface area contributed by atoms with Gasteiger partial charge >= 0.3 is 0 Å². The van der Waals surface area contributed by atoms with E-state index < -0.39 is 0 Å². The zero-order chi connectivity index (χ0) is 16.7. The van der Waals surface area contributed by atoms with Crippen LogP contribution in [0.15, 0.2) is 16.6 Å². The molecule has 0 N–H and O–H groups in total. The molecule has 0 spiro atoms. The first-order valence-electron chi connectivity index (χ1n) is 8.32. The van der Waals surface area contributed by atoms with Gasteiger partial charge in [-0.25, -0.2) is 0 Å². The van der Waals surface area contributed by atoms with Crippen LogP contribution in [0.3, 0.4) is 0 Å². The van der Waals surface area contributed by atoms with E-state index in [0.717, 1.165) is 22.4 Å². The summed E-state index contributed by atoms with van der Waals surface area (Å²) in [6, 6.07) is 4.10. The fourth-order valence-corrected chi connectivity index (χ4v) is 6.87. The lowest BCUT2D eigenvalue weighted by atomic mass is 10.0. The van der Waals surface area contributed by atoms with E-state index in [0.29, 0.717) is 4.08 Å². The van der Waals surface area contributed by atoms with Crippen molar-refractivity contribution in [2.24, 2.45) is 0 Å². The zero-order valence-electron chi connectivity index (χ0n) is 14.3. The van der Waals surface area contributed by atoms with E-state index in [1.54, 1.807) is 14.2 Å². The SMILES string of the molecule is CCCCCC1(Cc2cc(OC)cc(OC)c2Br)SCCCS1. The molecule has 1 fully saturated rings. The summed E-state index contributed by atoms with van der Waals surface area (Å²) in [6.45, 7) is 2.28. The standard InChI is InChI=1S/C18H27BrO2S2/c1-4-5-6-8-18(22-9-7-10-23-18)13-14-11-15(20-2)12-16(21-3)17(14)19/h11-12H,4-10,13H2,1-3H3. The van der Waals surface area contributed by atoms with Crippen molar-refractivity contribution in [2.45, 2.75) is 49.5 Å². The van der Waals surface area contributed by atoms with Gasteiger partial charge in [-0.15, -0.1) is 23.5 Å². The van der Waals surface area contributed by atoms with E-state index in [2.05, 4.69) is 52.4 Å². The number of unbranched alkanes of at least 4 members (excludes halogenated alkanes) is 2. The Morgan fingerprint density at radius 1 is 1.13 bits per heavy atom. The maximum atomic E-state index is 5.51. The first kappa shape index (κ1) is 19.3. The Bertz CT molecular complexity index is 502. The predicted octanol–water partition coefficient (Wildman–Crippen LogP) is 6.16. The largest absolute Gasteiger partial charge is 0.497 e. The number of halogens is 1. The summed E-state index contributed by atoms with van der Waals surface area (Å²) < 4.78 is 12.3. The van der Waals surface area contributed by atoms with E-state index in [-0.39, 0.29) is 0 Å².